The number of aliphatic carboxylic acids is 1. The Hall–Kier alpha value is -3.64. The Bertz CT molecular complexity index is 1260. The van der Waals surface area contributed by atoms with Gasteiger partial charge in [0, 0.05) is 12.7 Å². The Morgan fingerprint density at radius 3 is 2.67 bits per heavy atom. The second-order valence-electron chi connectivity index (χ2n) is 10.4. The second kappa shape index (κ2) is 15.8. The highest BCUT2D eigenvalue weighted by molar-refractivity contribution is 5.71. The average molecular weight is 544 g/mol. The number of aromatic nitrogens is 2. The molecule has 3 rings (SSSR count). The van der Waals surface area contributed by atoms with E-state index in [1.54, 1.807) is 13.0 Å². The van der Waals surface area contributed by atoms with E-state index in [2.05, 4.69) is 79.4 Å². The van der Waals surface area contributed by atoms with E-state index in [1.165, 1.54) is 16.7 Å². The second-order valence-corrected chi connectivity index (χ2v) is 10.4. The Kier molecular flexibility index (Phi) is 12.2. The van der Waals surface area contributed by atoms with Crippen LogP contribution in [0.25, 0.3) is 5.57 Å². The number of carboxylic acids is 1. The summed E-state index contributed by atoms with van der Waals surface area (Å²) in [4.78, 5) is 16.3. The number of hydrogen-bond donors (Lipinski definition) is 2. The highest BCUT2D eigenvalue weighted by Crippen LogP contribution is 2.26. The van der Waals surface area contributed by atoms with Crippen molar-refractivity contribution >= 4 is 11.5 Å². The summed E-state index contributed by atoms with van der Waals surface area (Å²) < 4.78 is 8.34. The van der Waals surface area contributed by atoms with Gasteiger partial charge in [-0.25, -0.2) is 4.98 Å². The first kappa shape index (κ1) is 30.9. The summed E-state index contributed by atoms with van der Waals surface area (Å²) in [6.45, 7) is 9.41. The smallest absolute Gasteiger partial charge is 0.310 e. The predicted molar refractivity (Wildman–Crippen MR) is 164 cm³/mol. The molecule has 2 aromatic rings. The van der Waals surface area contributed by atoms with Gasteiger partial charge in [0.15, 0.2) is 0 Å². The molecule has 1 aliphatic rings. The van der Waals surface area contributed by atoms with Gasteiger partial charge in [0.1, 0.15) is 18.2 Å². The molecule has 40 heavy (non-hydrogen) atoms. The molecule has 0 fully saturated rings. The molecule has 0 aliphatic heterocycles. The van der Waals surface area contributed by atoms with Gasteiger partial charge in [-0.2, -0.15) is 0 Å². The molecule has 0 amide bonds. The molecule has 2 atom stereocenters. The maximum Gasteiger partial charge on any atom is 0.310 e. The van der Waals surface area contributed by atoms with Crippen molar-refractivity contribution in [2.75, 3.05) is 13.7 Å². The number of imidazole rings is 1. The molecule has 1 heterocycles. The lowest BCUT2D eigenvalue weighted by atomic mass is 10.0. The molecule has 2 unspecified atom stereocenters. The number of ether oxygens (including phenoxy) is 1. The third kappa shape index (κ3) is 9.23. The van der Waals surface area contributed by atoms with Gasteiger partial charge >= 0.3 is 5.97 Å². The molecule has 0 saturated heterocycles. The minimum Gasteiger partial charge on any atom is -0.489 e. The van der Waals surface area contributed by atoms with Gasteiger partial charge in [-0.1, -0.05) is 80.5 Å². The van der Waals surface area contributed by atoms with Crippen LogP contribution in [0.1, 0.15) is 76.5 Å². The lowest BCUT2D eigenvalue weighted by molar-refractivity contribution is -0.139. The SMILES string of the molecule is CC/C=C(\C=C/C(C)C(=O)O)COc1ccc(CC(NC)c2nc(C3=CC=C(C)C=CC3)cn2CCCC)cc1. The molecule has 0 spiro atoms. The average Bonchev–Trinajstić information content (AvgIpc) is 3.25. The van der Waals surface area contributed by atoms with Crippen LogP contribution in [0.5, 0.6) is 5.75 Å². The number of benzene rings is 1. The maximum atomic E-state index is 11.1. The van der Waals surface area contributed by atoms with Crippen LogP contribution in [0.2, 0.25) is 0 Å². The zero-order valence-corrected chi connectivity index (χ0v) is 24.7. The molecule has 1 aromatic heterocycles. The van der Waals surface area contributed by atoms with Crippen LogP contribution in [0, 0.1) is 5.92 Å². The summed E-state index contributed by atoms with van der Waals surface area (Å²) in [5.74, 6) is 0.487. The summed E-state index contributed by atoms with van der Waals surface area (Å²) >= 11 is 0. The van der Waals surface area contributed by atoms with E-state index < -0.39 is 11.9 Å². The summed E-state index contributed by atoms with van der Waals surface area (Å²) in [5, 5.41) is 12.6. The fourth-order valence-corrected chi connectivity index (χ4v) is 4.52. The number of aryl methyl sites for hydroxylation is 1. The molecular weight excluding hydrogens is 498 g/mol. The first-order valence-electron chi connectivity index (χ1n) is 14.4. The van der Waals surface area contributed by atoms with Crippen LogP contribution in [0.4, 0.5) is 0 Å². The lowest BCUT2D eigenvalue weighted by Gasteiger charge is -2.18. The molecule has 2 N–H and O–H groups in total. The number of nitrogens with zero attached hydrogens (tertiary/aromatic N) is 2. The van der Waals surface area contributed by atoms with E-state index in [0.717, 1.165) is 61.5 Å². The summed E-state index contributed by atoms with van der Waals surface area (Å²) in [7, 11) is 2.00. The first-order chi connectivity index (χ1) is 19.3. The van der Waals surface area contributed by atoms with Gasteiger partial charge in [-0.05, 0) is 75.4 Å². The first-order valence-corrected chi connectivity index (χ1v) is 14.4. The molecule has 0 radical (unpaired) electrons. The van der Waals surface area contributed by atoms with Gasteiger partial charge in [0.25, 0.3) is 0 Å². The monoisotopic (exact) mass is 543 g/mol. The number of unbranched alkanes of at least 4 members (excludes halogenated alkanes) is 1. The normalized spacial score (nSPS) is 15.5. The van der Waals surface area contributed by atoms with Gasteiger partial charge in [0.05, 0.1) is 17.7 Å². The van der Waals surface area contributed by atoms with E-state index in [1.807, 2.05) is 25.3 Å². The third-order valence-electron chi connectivity index (χ3n) is 7.04. The number of carbonyl (C=O) groups is 1. The van der Waals surface area contributed by atoms with Gasteiger partial charge in [-0.3, -0.25) is 4.79 Å². The standard InChI is InChI=1S/C34H45N3O3/c1-6-8-21-37-23-32(29-12-9-11-25(3)13-18-29)36-33(37)31(35-5)22-27-16-19-30(20-17-27)40-24-28(10-7-2)15-14-26(4)34(38)39/h9-11,13-20,23,26,31,35H,6-8,12,21-22,24H2,1-5H3,(H,38,39)/b15-14-,28-10+. The topological polar surface area (TPSA) is 76.4 Å². The quantitative estimate of drug-likeness (QED) is 0.228. The highest BCUT2D eigenvalue weighted by Gasteiger charge is 2.19. The highest BCUT2D eigenvalue weighted by atomic mass is 16.5. The Morgan fingerprint density at radius 2 is 2.00 bits per heavy atom. The van der Waals surface area contributed by atoms with Gasteiger partial charge < -0.3 is 19.7 Å². The zero-order chi connectivity index (χ0) is 28.9. The summed E-state index contributed by atoms with van der Waals surface area (Å²) in [6, 6.07) is 8.30. The molecular formula is C34H45N3O3. The zero-order valence-electron chi connectivity index (χ0n) is 24.7. The fourth-order valence-electron chi connectivity index (χ4n) is 4.52. The van der Waals surface area contributed by atoms with E-state index in [4.69, 9.17) is 14.8 Å². The minimum absolute atomic E-state index is 0.0806. The number of rotatable bonds is 15. The van der Waals surface area contributed by atoms with Crippen molar-refractivity contribution in [1.29, 1.82) is 0 Å². The fraction of sp³-hybridized carbons (Fsp3) is 0.412. The van der Waals surface area contributed by atoms with Gasteiger partial charge in [0.2, 0.25) is 0 Å². The van der Waals surface area contributed by atoms with Crippen molar-refractivity contribution in [3.8, 4) is 5.75 Å². The number of hydrogen-bond acceptors (Lipinski definition) is 4. The number of allylic oxidation sites excluding steroid dienone is 7. The van der Waals surface area contributed by atoms with E-state index >= 15 is 0 Å². The van der Waals surface area contributed by atoms with Crippen molar-refractivity contribution in [2.45, 2.75) is 72.4 Å². The minimum atomic E-state index is -0.835. The molecule has 6 heteroatoms. The molecule has 1 aliphatic carbocycles. The Balaban J connectivity index is 1.72. The number of nitrogens with one attached hydrogen (secondary N) is 1. The molecule has 6 nitrogen and oxygen atoms in total. The van der Waals surface area contributed by atoms with Crippen molar-refractivity contribution in [2.24, 2.45) is 5.92 Å². The van der Waals surface area contributed by atoms with Gasteiger partial charge in [-0.15, -0.1) is 0 Å². The predicted octanol–water partition coefficient (Wildman–Crippen LogP) is 7.47. The Morgan fingerprint density at radius 1 is 1.23 bits per heavy atom. The lowest BCUT2D eigenvalue weighted by Crippen LogP contribution is -2.23. The van der Waals surface area contributed by atoms with Crippen LogP contribution >= 0.6 is 0 Å². The van der Waals surface area contributed by atoms with Crippen molar-refractivity contribution < 1.29 is 14.6 Å². The molecule has 1 aromatic carbocycles. The van der Waals surface area contributed by atoms with Crippen LogP contribution < -0.4 is 10.1 Å². The molecule has 0 saturated carbocycles. The van der Waals surface area contributed by atoms with E-state index in [0.29, 0.717) is 6.61 Å². The van der Waals surface area contributed by atoms with Crippen molar-refractivity contribution in [1.82, 2.24) is 14.9 Å². The van der Waals surface area contributed by atoms with Crippen LogP contribution in [0.15, 0.2) is 84.1 Å². The van der Waals surface area contributed by atoms with Crippen molar-refractivity contribution in [3.63, 3.8) is 0 Å². The Labute approximate surface area is 239 Å². The maximum absolute atomic E-state index is 11.1. The number of carboxylic acid groups (broad SMARTS) is 1. The van der Waals surface area contributed by atoms with Crippen LogP contribution in [-0.2, 0) is 17.8 Å². The van der Waals surface area contributed by atoms with Crippen LogP contribution in [0.3, 0.4) is 0 Å². The number of likely N-dealkylation sites (N-methyl/N-ethyl adjacent to an activating group) is 1. The summed E-state index contributed by atoms with van der Waals surface area (Å²) in [6.07, 6.45) is 21.4. The summed E-state index contributed by atoms with van der Waals surface area (Å²) in [5.41, 5.74) is 5.71. The van der Waals surface area contributed by atoms with E-state index in [9.17, 15) is 4.79 Å². The molecule has 0 bridgehead atoms. The van der Waals surface area contributed by atoms with E-state index in [-0.39, 0.29) is 6.04 Å². The van der Waals surface area contributed by atoms with Crippen LogP contribution in [-0.4, -0.2) is 34.3 Å². The molecule has 214 valence electrons. The largest absolute Gasteiger partial charge is 0.489 e. The third-order valence-corrected chi connectivity index (χ3v) is 7.04. The van der Waals surface area contributed by atoms with Crippen molar-refractivity contribution in [3.05, 3.63) is 101 Å².